The van der Waals surface area contributed by atoms with Crippen molar-refractivity contribution in [2.24, 2.45) is 0 Å². The second-order valence-corrected chi connectivity index (χ2v) is 33.3. The van der Waals surface area contributed by atoms with Gasteiger partial charge in [-0.05, 0) is 77.9 Å². The van der Waals surface area contributed by atoms with Gasteiger partial charge >= 0.3 is 6.09 Å². The Balaban J connectivity index is 0.951. The predicted octanol–water partition coefficient (Wildman–Crippen LogP) is 9.52. The SMILES string of the molecule is C=CCOC(=O)Nc1ccc2c(c1)CN1C(=O)c3cc(OC)c(OCCCCCOc4cc5c(cc4OC)C(=O)N4Cc6ccccc6C[C@H]4C(=O)N5COCC[Si](C)(C)C)cc3N(COCC[Si](C)(C)C)C(=O)[C@@H]1C2. The third-order valence-corrected chi connectivity index (χ3v) is 17.5. The minimum atomic E-state index is -1.46. The number of carbonyl (C=O) groups excluding carboxylic acids is 5. The Kier molecular flexibility index (Phi) is 17.6. The summed E-state index contributed by atoms with van der Waals surface area (Å²) in [5, 5.41) is 2.72. The first kappa shape index (κ1) is 55.6. The van der Waals surface area contributed by atoms with E-state index in [2.05, 4.69) is 51.2 Å². The van der Waals surface area contributed by atoms with Crippen molar-refractivity contribution >= 4 is 62.9 Å². The molecule has 0 radical (unpaired) electrons. The summed E-state index contributed by atoms with van der Waals surface area (Å²) >= 11 is 0. The molecular weight excluding hydrogens is 1000 g/mol. The largest absolute Gasteiger partial charge is 0.493 e. The summed E-state index contributed by atoms with van der Waals surface area (Å²) in [6.45, 7) is 19.2. The molecule has 0 saturated heterocycles. The average molecular weight is 1080 g/mol. The summed E-state index contributed by atoms with van der Waals surface area (Å²) in [7, 11) is 0.166. The van der Waals surface area contributed by atoms with E-state index in [-0.39, 0.29) is 62.2 Å². The number of methoxy groups -OCH3 is 2. The standard InChI is InChI=1S/C57H73N5O12Si2/c1-10-20-74-57(67)58-42-19-18-39-29-48-56(66)62(37-71-24-26-76(7,8)9)46-33-52(50(69-3)31-44(46)54(64)60(48)35-41(39)27-42)73-22-15-11-14-21-72-51-32-45-43(30-49(51)68-2)53(63)59-34-40-17-13-12-16-38(40)28-47(59)55(65)61(45)36-70-23-25-75(4,5)6/h10,12-13,16-19,27,30-33,47-48H,1,11,14-15,20-26,28-29,34-37H2,2-9H3,(H,58,67)/t47-,48-/m0/s1. The van der Waals surface area contributed by atoms with Crippen LogP contribution in [-0.2, 0) is 49.7 Å². The summed E-state index contributed by atoms with van der Waals surface area (Å²) < 4.78 is 41.8. The molecule has 4 aliphatic rings. The number of ether oxygens (including phenoxy) is 7. The Morgan fingerprint density at radius 1 is 0.618 bits per heavy atom. The van der Waals surface area contributed by atoms with E-state index < -0.39 is 34.3 Å². The molecule has 19 heteroatoms. The summed E-state index contributed by atoms with van der Waals surface area (Å²) in [6, 6.07) is 20.4. The van der Waals surface area contributed by atoms with Crippen molar-refractivity contribution in [3.63, 3.8) is 0 Å². The first-order valence-corrected chi connectivity index (χ1v) is 33.6. The third kappa shape index (κ3) is 12.9. The minimum Gasteiger partial charge on any atom is -0.493 e. The molecule has 4 aromatic rings. The molecule has 8 rings (SSSR count). The van der Waals surface area contributed by atoms with Crippen molar-refractivity contribution in [3.05, 3.63) is 113 Å². The smallest absolute Gasteiger partial charge is 0.411 e. The fourth-order valence-corrected chi connectivity index (χ4v) is 11.3. The number of hydrogen-bond donors (Lipinski definition) is 1. The Bertz CT molecular complexity index is 2830. The molecule has 76 heavy (non-hydrogen) atoms. The van der Waals surface area contributed by atoms with E-state index in [1.54, 1.807) is 56.0 Å². The van der Waals surface area contributed by atoms with Crippen LogP contribution in [0.2, 0.25) is 51.4 Å². The van der Waals surface area contributed by atoms with Crippen LogP contribution in [0.25, 0.3) is 0 Å². The zero-order valence-electron chi connectivity index (χ0n) is 45.3. The first-order chi connectivity index (χ1) is 36.4. The van der Waals surface area contributed by atoms with Crippen LogP contribution in [0.4, 0.5) is 21.9 Å². The van der Waals surface area contributed by atoms with Gasteiger partial charge in [0.25, 0.3) is 23.6 Å². The third-order valence-electron chi connectivity index (χ3n) is 14.1. The van der Waals surface area contributed by atoms with Crippen LogP contribution in [0.15, 0.2) is 79.4 Å². The van der Waals surface area contributed by atoms with Gasteiger partial charge in [-0.1, -0.05) is 82.3 Å². The molecule has 0 bridgehead atoms. The van der Waals surface area contributed by atoms with E-state index in [0.29, 0.717) is 104 Å². The van der Waals surface area contributed by atoms with E-state index in [1.165, 1.54) is 20.3 Å². The van der Waals surface area contributed by atoms with Gasteiger partial charge in [-0.2, -0.15) is 0 Å². The quantitative estimate of drug-likeness (QED) is 0.0424. The molecule has 1 N–H and O–H groups in total. The van der Waals surface area contributed by atoms with Crippen LogP contribution in [0, 0.1) is 0 Å². The van der Waals surface area contributed by atoms with Crippen molar-refractivity contribution in [2.45, 2.75) is 109 Å². The Morgan fingerprint density at radius 3 is 1.59 bits per heavy atom. The second-order valence-electron chi connectivity index (χ2n) is 22.1. The summed E-state index contributed by atoms with van der Waals surface area (Å²) in [6.07, 6.45) is 3.51. The highest BCUT2D eigenvalue weighted by Gasteiger charge is 2.45. The number of benzene rings is 4. The van der Waals surface area contributed by atoms with E-state index in [9.17, 15) is 24.0 Å². The number of amides is 5. The van der Waals surface area contributed by atoms with Crippen molar-refractivity contribution in [2.75, 3.05) is 75.8 Å². The molecule has 0 unspecified atom stereocenters. The van der Waals surface area contributed by atoms with Crippen LogP contribution in [0.5, 0.6) is 23.0 Å². The van der Waals surface area contributed by atoms with E-state index in [4.69, 9.17) is 33.2 Å². The van der Waals surface area contributed by atoms with Crippen molar-refractivity contribution in [1.29, 1.82) is 0 Å². The zero-order valence-corrected chi connectivity index (χ0v) is 47.3. The lowest BCUT2D eigenvalue weighted by molar-refractivity contribution is -0.125. The number of rotatable bonds is 23. The molecule has 0 spiro atoms. The number of nitrogens with one attached hydrogen (secondary N) is 1. The maximum atomic E-state index is 14.7. The molecule has 0 aliphatic carbocycles. The highest BCUT2D eigenvalue weighted by molar-refractivity contribution is 6.76. The highest BCUT2D eigenvalue weighted by atomic mass is 28.3. The maximum Gasteiger partial charge on any atom is 0.411 e. The fraction of sp³-hybridized carbons (Fsp3) is 0.456. The Labute approximate surface area is 448 Å². The Morgan fingerprint density at radius 2 is 1.11 bits per heavy atom. The van der Waals surface area contributed by atoms with Crippen LogP contribution in [0.3, 0.4) is 0 Å². The highest BCUT2D eigenvalue weighted by Crippen LogP contribution is 2.43. The van der Waals surface area contributed by atoms with Crippen LogP contribution in [-0.4, -0.2) is 128 Å². The molecule has 4 heterocycles. The topological polar surface area (TPSA) is 175 Å². The van der Waals surface area contributed by atoms with Crippen LogP contribution < -0.4 is 34.1 Å². The Hall–Kier alpha value is -6.68. The molecule has 2 atom stereocenters. The molecule has 0 aromatic heterocycles. The van der Waals surface area contributed by atoms with E-state index in [0.717, 1.165) is 34.3 Å². The van der Waals surface area contributed by atoms with Crippen molar-refractivity contribution in [1.82, 2.24) is 9.80 Å². The van der Waals surface area contributed by atoms with Crippen molar-refractivity contribution < 1.29 is 57.1 Å². The fourth-order valence-electron chi connectivity index (χ4n) is 9.76. The second kappa shape index (κ2) is 24.1. The van der Waals surface area contributed by atoms with Crippen LogP contribution in [0.1, 0.15) is 62.2 Å². The van der Waals surface area contributed by atoms with Gasteiger partial charge in [0.05, 0.1) is 49.9 Å². The molecule has 4 aromatic carbocycles. The lowest BCUT2D eigenvalue weighted by Gasteiger charge is -2.36. The summed E-state index contributed by atoms with van der Waals surface area (Å²) in [5.74, 6) is 0.424. The van der Waals surface area contributed by atoms with Gasteiger partial charge in [0, 0.05) is 73.1 Å². The average Bonchev–Trinajstić information content (AvgIpc) is 3.53. The van der Waals surface area contributed by atoms with Gasteiger partial charge in [-0.25, -0.2) is 4.79 Å². The lowest BCUT2D eigenvalue weighted by atomic mass is 9.92. The number of fused-ring (bicyclic) bond motifs is 6. The number of hydrogen-bond acceptors (Lipinski definition) is 12. The molecule has 0 saturated carbocycles. The minimum absolute atomic E-state index is 0.000960. The number of unbranched alkanes of at least 4 members (excludes halogenated alkanes) is 2. The summed E-state index contributed by atoms with van der Waals surface area (Å²) in [5.41, 5.74) is 5.67. The van der Waals surface area contributed by atoms with Gasteiger partial charge in [0.15, 0.2) is 23.0 Å². The molecular formula is C57H73N5O12Si2. The van der Waals surface area contributed by atoms with E-state index >= 15 is 0 Å². The summed E-state index contributed by atoms with van der Waals surface area (Å²) in [4.78, 5) is 77.1. The first-order valence-electron chi connectivity index (χ1n) is 26.2. The zero-order chi connectivity index (χ0) is 54.3. The van der Waals surface area contributed by atoms with Gasteiger partial charge in [-0.3, -0.25) is 34.3 Å². The monoisotopic (exact) mass is 1080 g/mol. The van der Waals surface area contributed by atoms with Crippen LogP contribution >= 0.6 is 0 Å². The number of anilines is 3. The molecule has 406 valence electrons. The van der Waals surface area contributed by atoms with Crippen molar-refractivity contribution in [3.8, 4) is 23.0 Å². The van der Waals surface area contributed by atoms with Gasteiger partial charge < -0.3 is 43.0 Å². The normalized spacial score (nSPS) is 17.1. The number of carbonyl (C=O) groups is 5. The van der Waals surface area contributed by atoms with Gasteiger partial charge in [0.2, 0.25) is 0 Å². The van der Waals surface area contributed by atoms with E-state index in [1.807, 2.05) is 30.3 Å². The van der Waals surface area contributed by atoms with Gasteiger partial charge in [-0.15, -0.1) is 0 Å². The van der Waals surface area contributed by atoms with Gasteiger partial charge in [0.1, 0.15) is 32.2 Å². The maximum absolute atomic E-state index is 14.7. The molecule has 4 aliphatic heterocycles. The number of nitrogens with zero attached hydrogens (tertiary/aromatic N) is 4. The lowest BCUT2D eigenvalue weighted by Crippen LogP contribution is -2.52. The molecule has 0 fully saturated rings. The molecule has 5 amide bonds. The molecule has 17 nitrogen and oxygen atoms in total. The predicted molar refractivity (Wildman–Crippen MR) is 297 cm³/mol.